The van der Waals surface area contributed by atoms with E-state index in [1.165, 1.54) is 32.4 Å². The first kappa shape index (κ1) is 19.1. The van der Waals surface area contributed by atoms with Crippen molar-refractivity contribution in [3.8, 4) is 0 Å². The molecular weight excluding hydrogens is 366 g/mol. The minimum Gasteiger partial charge on any atom is -0.361 e. The van der Waals surface area contributed by atoms with Crippen LogP contribution in [0.25, 0.3) is 10.9 Å². The summed E-state index contributed by atoms with van der Waals surface area (Å²) in [6.45, 7) is 0.440. The van der Waals surface area contributed by atoms with Crippen LogP contribution in [0.1, 0.15) is 15.9 Å². The summed E-state index contributed by atoms with van der Waals surface area (Å²) in [7, 11) is -1.24. The molecule has 0 fully saturated rings. The van der Waals surface area contributed by atoms with Gasteiger partial charge in [0.25, 0.3) is 15.9 Å². The van der Waals surface area contributed by atoms with Gasteiger partial charge in [-0.1, -0.05) is 28.7 Å². The Balaban J connectivity index is 1.67. The van der Waals surface area contributed by atoms with Crippen LogP contribution in [0, 0.1) is 0 Å². The van der Waals surface area contributed by atoms with Gasteiger partial charge in [-0.3, -0.25) is 9.63 Å². The summed E-state index contributed by atoms with van der Waals surface area (Å²) in [5, 5.41) is 3.96. The number of carbonyl (C=O) groups is 1. The topological polar surface area (TPSA) is 91.5 Å². The number of amides is 1. The van der Waals surface area contributed by atoms with Crippen LogP contribution in [0.5, 0.6) is 0 Å². The second-order valence-corrected chi connectivity index (χ2v) is 7.93. The van der Waals surface area contributed by atoms with Crippen LogP contribution in [-0.2, 0) is 21.3 Å². The Morgan fingerprint density at radius 1 is 1.19 bits per heavy atom. The lowest BCUT2D eigenvalue weighted by Gasteiger charge is -2.14. The predicted octanol–water partition coefficient (Wildman–Crippen LogP) is 2.32. The summed E-state index contributed by atoms with van der Waals surface area (Å²) in [4.78, 5) is 20.3. The quantitative estimate of drug-likeness (QED) is 0.609. The van der Waals surface area contributed by atoms with Gasteiger partial charge in [-0.2, -0.15) is 0 Å². The Hall–Kier alpha value is -2.68. The molecule has 0 aliphatic rings. The first-order chi connectivity index (χ1) is 12.9. The number of aromatic nitrogens is 1. The van der Waals surface area contributed by atoms with E-state index in [9.17, 15) is 13.2 Å². The van der Waals surface area contributed by atoms with Crippen molar-refractivity contribution in [1.82, 2.24) is 14.8 Å². The van der Waals surface area contributed by atoms with E-state index < -0.39 is 10.0 Å². The van der Waals surface area contributed by atoms with E-state index in [2.05, 4.69) is 10.3 Å². The number of H-pyrrole nitrogens is 1. The molecule has 142 valence electrons. The van der Waals surface area contributed by atoms with Gasteiger partial charge >= 0.3 is 0 Å². The third-order valence-corrected chi connectivity index (χ3v) is 6.02. The lowest BCUT2D eigenvalue weighted by atomic mass is 10.1. The number of rotatable bonds is 7. The van der Waals surface area contributed by atoms with Crippen molar-refractivity contribution >= 4 is 26.8 Å². The highest BCUT2D eigenvalue weighted by Gasteiger charge is 2.21. The molecule has 3 rings (SSSR count). The van der Waals surface area contributed by atoms with Crippen LogP contribution in [0.4, 0.5) is 0 Å². The minimum absolute atomic E-state index is 0.00358. The second-order valence-electron chi connectivity index (χ2n) is 5.99. The number of fused-ring (bicyclic) bond motifs is 1. The van der Waals surface area contributed by atoms with E-state index in [4.69, 9.17) is 4.84 Å². The lowest BCUT2D eigenvalue weighted by molar-refractivity contribution is -0.0258. The molecule has 1 heterocycles. The van der Waals surface area contributed by atoms with E-state index >= 15 is 0 Å². The highest BCUT2D eigenvalue weighted by Crippen LogP contribution is 2.18. The van der Waals surface area contributed by atoms with E-state index in [0.29, 0.717) is 13.0 Å². The number of sulfonamides is 1. The Labute approximate surface area is 158 Å². The van der Waals surface area contributed by atoms with E-state index in [1.807, 2.05) is 30.5 Å². The first-order valence-corrected chi connectivity index (χ1v) is 9.84. The van der Waals surface area contributed by atoms with Gasteiger partial charge in [-0.15, -0.1) is 0 Å². The molecule has 8 heteroatoms. The zero-order valence-corrected chi connectivity index (χ0v) is 15.9. The van der Waals surface area contributed by atoms with Crippen molar-refractivity contribution in [3.05, 3.63) is 65.9 Å². The monoisotopic (exact) mass is 387 g/mol. The molecule has 0 aliphatic carbocycles. The molecule has 0 saturated carbocycles. The molecule has 2 N–H and O–H groups in total. The van der Waals surface area contributed by atoms with Crippen LogP contribution in [-0.4, -0.2) is 44.5 Å². The number of nitrogens with zero attached hydrogens (tertiary/aromatic N) is 1. The fraction of sp³-hybridized carbons (Fsp3) is 0.211. The lowest BCUT2D eigenvalue weighted by Crippen LogP contribution is -2.27. The summed E-state index contributed by atoms with van der Waals surface area (Å²) in [6.07, 6.45) is 2.60. The molecule has 0 unspecified atom stereocenters. The van der Waals surface area contributed by atoms with Crippen LogP contribution in [0.15, 0.2) is 59.6 Å². The van der Waals surface area contributed by atoms with Gasteiger partial charge in [0, 0.05) is 36.3 Å². The number of benzene rings is 2. The van der Waals surface area contributed by atoms with Crippen molar-refractivity contribution in [2.24, 2.45) is 0 Å². The van der Waals surface area contributed by atoms with Crippen molar-refractivity contribution in [2.45, 2.75) is 11.3 Å². The molecule has 0 spiro atoms. The third-order valence-electron chi connectivity index (χ3n) is 4.34. The zero-order valence-electron chi connectivity index (χ0n) is 15.1. The summed E-state index contributed by atoms with van der Waals surface area (Å²) in [6, 6.07) is 13.8. The Morgan fingerprint density at radius 2 is 1.96 bits per heavy atom. The minimum atomic E-state index is -3.80. The van der Waals surface area contributed by atoms with E-state index in [0.717, 1.165) is 20.9 Å². The molecule has 1 aromatic heterocycles. The maximum atomic E-state index is 12.4. The SMILES string of the molecule is CON(C)S(=O)(=O)c1cccc(C(=O)NCCc2c[nH]c3ccccc23)c1. The van der Waals surface area contributed by atoms with Gasteiger partial charge in [0.1, 0.15) is 0 Å². The first-order valence-electron chi connectivity index (χ1n) is 8.40. The second kappa shape index (κ2) is 7.91. The van der Waals surface area contributed by atoms with Crippen molar-refractivity contribution < 1.29 is 18.0 Å². The number of aromatic amines is 1. The Morgan fingerprint density at radius 3 is 2.74 bits per heavy atom. The zero-order chi connectivity index (χ0) is 19.4. The van der Waals surface area contributed by atoms with Crippen LogP contribution in [0.3, 0.4) is 0 Å². The number of nitrogens with one attached hydrogen (secondary N) is 2. The van der Waals surface area contributed by atoms with Gasteiger partial charge < -0.3 is 10.3 Å². The number of para-hydroxylation sites is 1. The van der Waals surface area contributed by atoms with Gasteiger partial charge in [0.15, 0.2) is 0 Å². The smallest absolute Gasteiger partial charge is 0.264 e. The van der Waals surface area contributed by atoms with Gasteiger partial charge in [0.05, 0.1) is 12.0 Å². The molecular formula is C19H21N3O4S. The Bertz CT molecular complexity index is 1060. The number of hydroxylamine groups is 1. The fourth-order valence-electron chi connectivity index (χ4n) is 2.80. The van der Waals surface area contributed by atoms with E-state index in [-0.39, 0.29) is 16.4 Å². The average Bonchev–Trinajstić information content (AvgIpc) is 3.10. The van der Waals surface area contributed by atoms with Crippen LogP contribution in [0.2, 0.25) is 0 Å². The van der Waals surface area contributed by atoms with Gasteiger partial charge in [-0.05, 0) is 36.2 Å². The molecule has 1 amide bonds. The summed E-state index contributed by atoms with van der Waals surface area (Å²) in [5.41, 5.74) is 2.45. The Kier molecular flexibility index (Phi) is 5.59. The van der Waals surface area contributed by atoms with Crippen molar-refractivity contribution in [3.63, 3.8) is 0 Å². The molecule has 2 aromatic carbocycles. The number of carbonyl (C=O) groups excluding carboxylic acids is 1. The maximum Gasteiger partial charge on any atom is 0.264 e. The molecule has 7 nitrogen and oxygen atoms in total. The largest absolute Gasteiger partial charge is 0.361 e. The number of hydrogen-bond donors (Lipinski definition) is 2. The maximum absolute atomic E-state index is 12.4. The summed E-state index contributed by atoms with van der Waals surface area (Å²) < 4.78 is 25.3. The standard InChI is InChI=1S/C19H21N3O4S/c1-22(26-2)27(24,25)16-7-5-6-14(12-16)19(23)20-11-10-15-13-21-18-9-4-3-8-17(15)18/h3-9,12-13,21H,10-11H2,1-2H3,(H,20,23). The normalized spacial score (nSPS) is 11.8. The average molecular weight is 387 g/mol. The summed E-state index contributed by atoms with van der Waals surface area (Å²) >= 11 is 0. The van der Waals surface area contributed by atoms with Gasteiger partial charge in [-0.25, -0.2) is 8.42 Å². The highest BCUT2D eigenvalue weighted by molar-refractivity contribution is 7.89. The van der Waals surface area contributed by atoms with Crippen LogP contribution >= 0.6 is 0 Å². The highest BCUT2D eigenvalue weighted by atomic mass is 32.2. The number of hydrogen-bond acceptors (Lipinski definition) is 4. The van der Waals surface area contributed by atoms with Crippen molar-refractivity contribution in [1.29, 1.82) is 0 Å². The molecule has 27 heavy (non-hydrogen) atoms. The van der Waals surface area contributed by atoms with E-state index in [1.54, 1.807) is 6.07 Å². The molecule has 0 atom stereocenters. The molecule has 0 radical (unpaired) electrons. The van der Waals surface area contributed by atoms with Crippen LogP contribution < -0.4 is 5.32 Å². The van der Waals surface area contributed by atoms with Gasteiger partial charge in [0.2, 0.25) is 0 Å². The molecule has 3 aromatic rings. The molecule has 0 saturated heterocycles. The fourth-order valence-corrected chi connectivity index (χ4v) is 3.82. The predicted molar refractivity (Wildman–Crippen MR) is 103 cm³/mol. The third kappa shape index (κ3) is 4.02. The van der Waals surface area contributed by atoms with Crippen molar-refractivity contribution in [2.75, 3.05) is 20.7 Å². The molecule has 0 bridgehead atoms. The molecule has 0 aliphatic heterocycles. The summed E-state index contributed by atoms with van der Waals surface area (Å²) in [5.74, 6) is -0.327.